The van der Waals surface area contributed by atoms with Crippen molar-refractivity contribution in [2.24, 2.45) is 0 Å². The van der Waals surface area contributed by atoms with Gasteiger partial charge in [-0.15, -0.1) is 0 Å². The topological polar surface area (TPSA) is 63.6 Å². The molecule has 0 atom stereocenters. The standard InChI is InChI=1S/C13H14O4S2/c14-19(15,16)10-4-9-18-13-8-3-6-11-5-1-2-7-12(11)17-13/h1-3,5-8H,4,9-10H2,(H,14,15,16). The van der Waals surface area contributed by atoms with Crippen LogP contribution in [0, 0.1) is 0 Å². The molecule has 0 amide bonds. The number of allylic oxidation sites excluding steroid dienone is 2. The van der Waals surface area contributed by atoms with Crippen LogP contribution in [0.5, 0.6) is 5.75 Å². The van der Waals surface area contributed by atoms with E-state index in [9.17, 15) is 8.42 Å². The van der Waals surface area contributed by atoms with Gasteiger partial charge in [0.25, 0.3) is 10.1 Å². The molecule has 6 heteroatoms. The lowest BCUT2D eigenvalue weighted by molar-refractivity contribution is 0.465. The summed E-state index contributed by atoms with van der Waals surface area (Å²) < 4.78 is 35.6. The van der Waals surface area contributed by atoms with Crippen molar-refractivity contribution in [1.29, 1.82) is 0 Å². The molecule has 2 rings (SSSR count). The van der Waals surface area contributed by atoms with Crippen molar-refractivity contribution in [3.63, 3.8) is 0 Å². The van der Waals surface area contributed by atoms with Gasteiger partial charge in [0.1, 0.15) is 5.75 Å². The Kier molecular flexibility index (Phi) is 4.68. The number of rotatable bonds is 5. The van der Waals surface area contributed by atoms with Crippen LogP contribution >= 0.6 is 11.8 Å². The summed E-state index contributed by atoms with van der Waals surface area (Å²) in [5.41, 5.74) is 1.01. The van der Waals surface area contributed by atoms with Crippen molar-refractivity contribution in [3.05, 3.63) is 47.1 Å². The van der Waals surface area contributed by atoms with Crippen LogP contribution in [-0.2, 0) is 10.1 Å². The molecule has 19 heavy (non-hydrogen) atoms. The van der Waals surface area contributed by atoms with E-state index < -0.39 is 10.1 Å². The van der Waals surface area contributed by atoms with Crippen molar-refractivity contribution in [2.75, 3.05) is 11.5 Å². The second-order valence-corrected chi connectivity index (χ2v) is 6.64. The third-order valence-corrected chi connectivity index (χ3v) is 4.23. The lowest BCUT2D eigenvalue weighted by Crippen LogP contribution is -2.04. The third-order valence-electron chi connectivity index (χ3n) is 2.43. The molecular formula is C13H14O4S2. The van der Waals surface area contributed by atoms with Crippen LogP contribution in [-0.4, -0.2) is 24.5 Å². The zero-order valence-electron chi connectivity index (χ0n) is 10.2. The molecule has 0 radical (unpaired) electrons. The van der Waals surface area contributed by atoms with Crippen molar-refractivity contribution in [3.8, 4) is 5.75 Å². The third kappa shape index (κ3) is 4.74. The zero-order chi connectivity index (χ0) is 13.7. The molecule has 1 aliphatic heterocycles. The van der Waals surface area contributed by atoms with E-state index in [1.165, 1.54) is 11.8 Å². The summed E-state index contributed by atoms with van der Waals surface area (Å²) in [7, 11) is -3.87. The zero-order valence-corrected chi connectivity index (χ0v) is 11.8. The maximum Gasteiger partial charge on any atom is 0.264 e. The summed E-state index contributed by atoms with van der Waals surface area (Å²) in [6, 6.07) is 7.69. The highest BCUT2D eigenvalue weighted by Crippen LogP contribution is 2.29. The molecular weight excluding hydrogens is 284 g/mol. The average molecular weight is 298 g/mol. The minimum atomic E-state index is -3.87. The van der Waals surface area contributed by atoms with Gasteiger partial charge < -0.3 is 4.74 Å². The molecule has 0 spiro atoms. The van der Waals surface area contributed by atoms with Gasteiger partial charge in [0.15, 0.2) is 5.09 Å². The van der Waals surface area contributed by atoms with E-state index in [1.807, 2.05) is 42.5 Å². The fraction of sp³-hybridized carbons (Fsp3) is 0.231. The molecule has 0 saturated carbocycles. The summed E-state index contributed by atoms with van der Waals surface area (Å²) in [6.07, 6.45) is 6.09. The van der Waals surface area contributed by atoms with Crippen molar-refractivity contribution >= 4 is 28.0 Å². The Balaban J connectivity index is 1.90. The average Bonchev–Trinajstić information content (AvgIpc) is 2.55. The van der Waals surface area contributed by atoms with Gasteiger partial charge in [0.2, 0.25) is 0 Å². The van der Waals surface area contributed by atoms with Gasteiger partial charge in [-0.05, 0) is 18.6 Å². The highest BCUT2D eigenvalue weighted by atomic mass is 32.2. The van der Waals surface area contributed by atoms with Crippen LogP contribution in [0.2, 0.25) is 0 Å². The summed E-state index contributed by atoms with van der Waals surface area (Å²) >= 11 is 1.43. The predicted molar refractivity (Wildman–Crippen MR) is 77.7 cm³/mol. The Morgan fingerprint density at radius 3 is 2.84 bits per heavy atom. The first-order chi connectivity index (χ1) is 9.04. The van der Waals surface area contributed by atoms with E-state index in [4.69, 9.17) is 9.29 Å². The molecule has 1 aromatic rings. The molecule has 1 aromatic carbocycles. The SMILES string of the molecule is O=S(=O)(O)CCCSC1=CC=Cc2ccccc2O1. The molecule has 0 fully saturated rings. The summed E-state index contributed by atoms with van der Waals surface area (Å²) in [4.78, 5) is 0. The van der Waals surface area contributed by atoms with E-state index in [-0.39, 0.29) is 5.75 Å². The summed E-state index contributed by atoms with van der Waals surface area (Å²) in [6.45, 7) is 0. The van der Waals surface area contributed by atoms with Gasteiger partial charge in [0, 0.05) is 11.3 Å². The summed E-state index contributed by atoms with van der Waals surface area (Å²) in [5, 5.41) is 0.719. The molecule has 4 nitrogen and oxygen atoms in total. The lowest BCUT2D eigenvalue weighted by Gasteiger charge is -2.09. The fourth-order valence-electron chi connectivity index (χ4n) is 1.58. The number of ether oxygens (including phenoxy) is 1. The maximum atomic E-state index is 10.6. The maximum absolute atomic E-state index is 10.6. The Morgan fingerprint density at radius 2 is 2.05 bits per heavy atom. The van der Waals surface area contributed by atoms with E-state index in [2.05, 4.69) is 0 Å². The number of benzene rings is 1. The van der Waals surface area contributed by atoms with Gasteiger partial charge >= 0.3 is 0 Å². The highest BCUT2D eigenvalue weighted by Gasteiger charge is 2.09. The van der Waals surface area contributed by atoms with Crippen molar-refractivity contribution < 1.29 is 17.7 Å². The van der Waals surface area contributed by atoms with Crippen molar-refractivity contribution in [2.45, 2.75) is 6.42 Å². The minimum absolute atomic E-state index is 0.223. The van der Waals surface area contributed by atoms with Crippen LogP contribution in [0.1, 0.15) is 12.0 Å². The molecule has 0 aliphatic carbocycles. The van der Waals surface area contributed by atoms with Gasteiger partial charge in [-0.3, -0.25) is 4.55 Å². The lowest BCUT2D eigenvalue weighted by atomic mass is 10.2. The summed E-state index contributed by atoms with van der Waals surface area (Å²) in [5.74, 6) is 1.13. The number of hydrogen-bond acceptors (Lipinski definition) is 4. The molecule has 1 heterocycles. The smallest absolute Gasteiger partial charge is 0.264 e. The number of fused-ring (bicyclic) bond motifs is 1. The fourth-order valence-corrected chi connectivity index (χ4v) is 3.08. The van der Waals surface area contributed by atoms with Gasteiger partial charge in [-0.2, -0.15) is 8.42 Å². The Morgan fingerprint density at radius 1 is 1.26 bits per heavy atom. The largest absolute Gasteiger partial charge is 0.450 e. The van der Waals surface area contributed by atoms with Crippen LogP contribution in [0.25, 0.3) is 6.08 Å². The normalized spacial score (nSPS) is 14.3. The molecule has 1 aliphatic rings. The Bertz CT molecular complexity index is 603. The molecule has 0 aromatic heterocycles. The van der Waals surface area contributed by atoms with Gasteiger partial charge in [-0.1, -0.05) is 42.1 Å². The number of thioether (sulfide) groups is 1. The van der Waals surface area contributed by atoms with E-state index >= 15 is 0 Å². The minimum Gasteiger partial charge on any atom is -0.450 e. The number of hydrogen-bond donors (Lipinski definition) is 1. The van der Waals surface area contributed by atoms with Crippen LogP contribution in [0.3, 0.4) is 0 Å². The first-order valence-corrected chi connectivity index (χ1v) is 8.37. The molecule has 0 bridgehead atoms. The Hall–Kier alpha value is -1.24. The second-order valence-electron chi connectivity index (χ2n) is 3.97. The quantitative estimate of drug-likeness (QED) is 0.669. The van der Waals surface area contributed by atoms with E-state index in [0.717, 1.165) is 16.4 Å². The van der Waals surface area contributed by atoms with Crippen molar-refractivity contribution in [1.82, 2.24) is 0 Å². The first-order valence-electron chi connectivity index (χ1n) is 5.78. The Labute approximate surface area is 116 Å². The molecule has 0 saturated heterocycles. The first kappa shape index (κ1) is 14.2. The van der Waals surface area contributed by atoms with Crippen LogP contribution < -0.4 is 4.74 Å². The highest BCUT2D eigenvalue weighted by molar-refractivity contribution is 8.02. The van der Waals surface area contributed by atoms with Crippen LogP contribution in [0.15, 0.2) is 41.5 Å². The van der Waals surface area contributed by atoms with Crippen LogP contribution in [0.4, 0.5) is 0 Å². The predicted octanol–water partition coefficient (Wildman–Crippen LogP) is 2.94. The molecule has 1 N–H and O–H groups in total. The monoisotopic (exact) mass is 298 g/mol. The van der Waals surface area contributed by atoms with E-state index in [1.54, 1.807) is 0 Å². The second kappa shape index (κ2) is 6.27. The molecule has 102 valence electrons. The number of para-hydroxylation sites is 1. The molecule has 0 unspecified atom stereocenters. The van der Waals surface area contributed by atoms with Gasteiger partial charge in [-0.25, -0.2) is 0 Å². The van der Waals surface area contributed by atoms with Gasteiger partial charge in [0.05, 0.1) is 5.75 Å². The van der Waals surface area contributed by atoms with E-state index in [0.29, 0.717) is 12.2 Å².